The molecule has 2 aromatic carbocycles. The van der Waals surface area contributed by atoms with E-state index in [0.29, 0.717) is 0 Å². The lowest BCUT2D eigenvalue weighted by atomic mass is 10.2. The first-order valence-electron chi connectivity index (χ1n) is 5.27. The number of hydrogen-bond acceptors (Lipinski definition) is 3. The summed E-state index contributed by atoms with van der Waals surface area (Å²) >= 11 is 0. The quantitative estimate of drug-likeness (QED) is 0.624. The number of rotatable bonds is 1. The zero-order valence-electron chi connectivity index (χ0n) is 9.04. The summed E-state index contributed by atoms with van der Waals surface area (Å²) in [5.74, 6) is 0.245. The van der Waals surface area contributed by atoms with Crippen LogP contribution in [0.5, 0.6) is 5.75 Å². The Labute approximate surface area is 97.9 Å². The van der Waals surface area contributed by atoms with Crippen LogP contribution in [-0.4, -0.2) is 14.9 Å². The van der Waals surface area contributed by atoms with Crippen molar-refractivity contribution in [3.63, 3.8) is 0 Å². The van der Waals surface area contributed by atoms with Crippen molar-refractivity contribution >= 4 is 16.6 Å². The zero-order chi connectivity index (χ0) is 11.8. The molecule has 0 spiro atoms. The molecule has 3 N–H and O–H groups in total. The third kappa shape index (κ3) is 1.59. The minimum absolute atomic E-state index is 0.245. The molecule has 0 saturated heterocycles. The Balaban J connectivity index is 2.21. The molecule has 1 heterocycles. The minimum atomic E-state index is 0.245. The van der Waals surface area contributed by atoms with Gasteiger partial charge in [-0.25, -0.2) is 4.68 Å². The number of phenolic OH excluding ortho intramolecular Hbond substituents is 1. The van der Waals surface area contributed by atoms with Crippen molar-refractivity contribution in [2.24, 2.45) is 0 Å². The van der Waals surface area contributed by atoms with Gasteiger partial charge in [0.1, 0.15) is 5.75 Å². The van der Waals surface area contributed by atoms with E-state index in [0.717, 1.165) is 22.3 Å². The van der Waals surface area contributed by atoms with E-state index in [2.05, 4.69) is 5.10 Å². The van der Waals surface area contributed by atoms with Gasteiger partial charge in [-0.1, -0.05) is 0 Å². The van der Waals surface area contributed by atoms with Gasteiger partial charge in [0.25, 0.3) is 0 Å². The second kappa shape index (κ2) is 3.52. The van der Waals surface area contributed by atoms with Gasteiger partial charge in [0.15, 0.2) is 0 Å². The van der Waals surface area contributed by atoms with Gasteiger partial charge in [0, 0.05) is 11.1 Å². The Morgan fingerprint density at radius 2 is 1.82 bits per heavy atom. The Bertz CT molecular complexity index is 671. The van der Waals surface area contributed by atoms with E-state index in [-0.39, 0.29) is 5.75 Å². The van der Waals surface area contributed by atoms with Crippen LogP contribution < -0.4 is 5.73 Å². The summed E-state index contributed by atoms with van der Waals surface area (Å²) in [4.78, 5) is 0. The van der Waals surface area contributed by atoms with Crippen LogP contribution in [0.3, 0.4) is 0 Å². The number of aromatic hydroxyl groups is 1. The standard InChI is InChI=1S/C13H11N3O/c14-10-1-3-11(4-2-10)16-13-6-5-12(17)7-9(13)8-15-16/h1-8,17H,14H2. The van der Waals surface area contributed by atoms with E-state index in [1.165, 1.54) is 0 Å². The van der Waals surface area contributed by atoms with Gasteiger partial charge in [-0.3, -0.25) is 0 Å². The molecule has 0 aliphatic rings. The molecule has 0 fully saturated rings. The highest BCUT2D eigenvalue weighted by molar-refractivity contribution is 5.81. The van der Waals surface area contributed by atoms with E-state index >= 15 is 0 Å². The molecule has 3 aromatic rings. The van der Waals surface area contributed by atoms with Crippen LogP contribution in [-0.2, 0) is 0 Å². The molecule has 0 saturated carbocycles. The minimum Gasteiger partial charge on any atom is -0.508 e. The highest BCUT2D eigenvalue weighted by Gasteiger charge is 2.04. The maximum atomic E-state index is 9.39. The first-order valence-corrected chi connectivity index (χ1v) is 5.27. The Hall–Kier alpha value is -2.49. The van der Waals surface area contributed by atoms with Gasteiger partial charge < -0.3 is 10.8 Å². The van der Waals surface area contributed by atoms with E-state index in [1.54, 1.807) is 18.3 Å². The smallest absolute Gasteiger partial charge is 0.116 e. The van der Waals surface area contributed by atoms with E-state index in [9.17, 15) is 5.11 Å². The van der Waals surface area contributed by atoms with E-state index < -0.39 is 0 Å². The second-order valence-electron chi connectivity index (χ2n) is 3.89. The van der Waals surface area contributed by atoms with Gasteiger partial charge in [0.2, 0.25) is 0 Å². The molecule has 0 aliphatic carbocycles. The van der Waals surface area contributed by atoms with Gasteiger partial charge in [0.05, 0.1) is 17.4 Å². The lowest BCUT2D eigenvalue weighted by Gasteiger charge is -2.03. The maximum absolute atomic E-state index is 9.39. The van der Waals surface area contributed by atoms with Crippen molar-refractivity contribution in [2.75, 3.05) is 5.73 Å². The molecule has 0 bridgehead atoms. The fourth-order valence-corrected chi connectivity index (χ4v) is 1.84. The van der Waals surface area contributed by atoms with Gasteiger partial charge >= 0.3 is 0 Å². The molecule has 84 valence electrons. The molecular weight excluding hydrogens is 214 g/mol. The number of aromatic nitrogens is 2. The van der Waals surface area contributed by atoms with E-state index in [1.807, 2.05) is 35.0 Å². The third-order valence-corrected chi connectivity index (χ3v) is 2.69. The molecule has 17 heavy (non-hydrogen) atoms. The van der Waals surface area contributed by atoms with Crippen LogP contribution >= 0.6 is 0 Å². The SMILES string of the molecule is Nc1ccc(-n2ncc3cc(O)ccc32)cc1. The zero-order valence-corrected chi connectivity index (χ0v) is 9.04. The highest BCUT2D eigenvalue weighted by Crippen LogP contribution is 2.22. The molecule has 0 aliphatic heterocycles. The van der Waals surface area contributed by atoms with Crippen molar-refractivity contribution in [1.82, 2.24) is 9.78 Å². The van der Waals surface area contributed by atoms with Gasteiger partial charge in [-0.15, -0.1) is 0 Å². The molecule has 0 atom stereocenters. The summed E-state index contributed by atoms with van der Waals surface area (Å²) in [6.45, 7) is 0. The predicted octanol–water partition coefficient (Wildman–Crippen LogP) is 2.31. The van der Waals surface area contributed by atoms with Crippen molar-refractivity contribution in [2.45, 2.75) is 0 Å². The fourth-order valence-electron chi connectivity index (χ4n) is 1.84. The van der Waals surface area contributed by atoms with E-state index in [4.69, 9.17) is 5.73 Å². The topological polar surface area (TPSA) is 64.1 Å². The van der Waals surface area contributed by atoms with Crippen LogP contribution in [0, 0.1) is 0 Å². The number of nitrogen functional groups attached to an aromatic ring is 1. The highest BCUT2D eigenvalue weighted by atomic mass is 16.3. The summed E-state index contributed by atoms with van der Waals surface area (Å²) in [6.07, 6.45) is 1.73. The Kier molecular flexibility index (Phi) is 2.01. The predicted molar refractivity (Wildman–Crippen MR) is 67.1 cm³/mol. The van der Waals surface area contributed by atoms with Crippen LogP contribution in [0.25, 0.3) is 16.6 Å². The van der Waals surface area contributed by atoms with Crippen LogP contribution in [0.2, 0.25) is 0 Å². The van der Waals surface area contributed by atoms with Crippen molar-refractivity contribution < 1.29 is 5.11 Å². The lowest BCUT2D eigenvalue weighted by Crippen LogP contribution is -1.96. The first kappa shape index (κ1) is 9.72. The van der Waals surface area contributed by atoms with Gasteiger partial charge in [-0.05, 0) is 42.5 Å². The van der Waals surface area contributed by atoms with Crippen LogP contribution in [0.1, 0.15) is 0 Å². The largest absolute Gasteiger partial charge is 0.508 e. The number of benzene rings is 2. The van der Waals surface area contributed by atoms with Crippen LogP contribution in [0.15, 0.2) is 48.7 Å². The number of hydrogen-bond donors (Lipinski definition) is 2. The van der Waals surface area contributed by atoms with Crippen molar-refractivity contribution in [3.8, 4) is 11.4 Å². The third-order valence-electron chi connectivity index (χ3n) is 2.69. The Morgan fingerprint density at radius 1 is 1.06 bits per heavy atom. The lowest BCUT2D eigenvalue weighted by molar-refractivity contribution is 0.476. The summed E-state index contributed by atoms with van der Waals surface area (Å²) in [5.41, 5.74) is 8.27. The summed E-state index contributed by atoms with van der Waals surface area (Å²) in [7, 11) is 0. The van der Waals surface area contributed by atoms with Crippen LogP contribution in [0.4, 0.5) is 5.69 Å². The summed E-state index contributed by atoms with van der Waals surface area (Å²) < 4.78 is 1.81. The summed E-state index contributed by atoms with van der Waals surface area (Å²) in [6, 6.07) is 12.7. The normalized spacial score (nSPS) is 10.8. The monoisotopic (exact) mass is 225 g/mol. The number of phenols is 1. The summed E-state index contributed by atoms with van der Waals surface area (Å²) in [5, 5.41) is 14.6. The molecule has 4 heteroatoms. The van der Waals surface area contributed by atoms with Crippen molar-refractivity contribution in [1.29, 1.82) is 0 Å². The average Bonchev–Trinajstić information content (AvgIpc) is 2.73. The molecular formula is C13H11N3O. The number of fused-ring (bicyclic) bond motifs is 1. The van der Waals surface area contributed by atoms with Gasteiger partial charge in [-0.2, -0.15) is 5.10 Å². The molecule has 0 amide bonds. The molecule has 0 unspecified atom stereocenters. The number of anilines is 1. The molecule has 3 rings (SSSR count). The molecule has 4 nitrogen and oxygen atoms in total. The average molecular weight is 225 g/mol. The first-order chi connectivity index (χ1) is 8.24. The molecule has 1 aromatic heterocycles. The number of nitrogens with zero attached hydrogens (tertiary/aromatic N) is 2. The molecule has 0 radical (unpaired) electrons. The Morgan fingerprint density at radius 3 is 2.59 bits per heavy atom. The number of nitrogens with two attached hydrogens (primary N) is 1. The maximum Gasteiger partial charge on any atom is 0.116 e. The fraction of sp³-hybridized carbons (Fsp3) is 0. The second-order valence-corrected chi connectivity index (χ2v) is 3.89. The van der Waals surface area contributed by atoms with Crippen molar-refractivity contribution in [3.05, 3.63) is 48.7 Å².